The first-order chi connectivity index (χ1) is 11.5. The molecule has 2 aliphatic rings. The van der Waals surface area contributed by atoms with Crippen LogP contribution in [0.1, 0.15) is 37.7 Å². The van der Waals surface area contributed by atoms with Gasteiger partial charge in [-0.2, -0.15) is 4.31 Å². The number of carbonyl (C=O) groups excluding carboxylic acids is 1. The molecule has 24 heavy (non-hydrogen) atoms. The van der Waals surface area contributed by atoms with Crippen molar-refractivity contribution in [2.75, 3.05) is 26.2 Å². The molecule has 2 aliphatic heterocycles. The molecule has 0 unspecified atom stereocenters. The summed E-state index contributed by atoms with van der Waals surface area (Å²) in [4.78, 5) is 14.6. The van der Waals surface area contributed by atoms with Crippen LogP contribution < -0.4 is 0 Å². The Hall–Kier alpha value is -1.40. The van der Waals surface area contributed by atoms with Gasteiger partial charge in [-0.25, -0.2) is 8.42 Å². The summed E-state index contributed by atoms with van der Waals surface area (Å²) in [5.41, 5.74) is 1.05. The van der Waals surface area contributed by atoms with E-state index in [9.17, 15) is 13.2 Å². The number of benzene rings is 1. The molecule has 6 heteroatoms. The summed E-state index contributed by atoms with van der Waals surface area (Å²) in [5, 5.41) is 0. The van der Waals surface area contributed by atoms with E-state index in [1.807, 2.05) is 24.0 Å². The molecular weight excluding hydrogens is 324 g/mol. The maximum Gasteiger partial charge on any atom is 0.243 e. The zero-order valence-electron chi connectivity index (χ0n) is 14.3. The monoisotopic (exact) mass is 350 g/mol. The van der Waals surface area contributed by atoms with Gasteiger partial charge in [0, 0.05) is 32.6 Å². The van der Waals surface area contributed by atoms with E-state index in [0.29, 0.717) is 30.3 Å². The molecule has 1 amide bonds. The molecule has 1 aromatic rings. The van der Waals surface area contributed by atoms with Crippen molar-refractivity contribution in [1.82, 2.24) is 9.21 Å². The summed E-state index contributed by atoms with van der Waals surface area (Å²) in [7, 11) is -3.41. The highest BCUT2D eigenvalue weighted by Gasteiger charge is 2.31. The van der Waals surface area contributed by atoms with Gasteiger partial charge in [-0.3, -0.25) is 4.79 Å². The molecule has 0 aromatic heterocycles. The standard InChI is InChI=1S/C18H26N2O3S/c1-15-4-6-17(7-5-15)24(22,23)20-12-8-16(9-13-20)14-18(21)19-10-2-3-11-19/h4-7,16H,2-3,8-14H2,1H3. The van der Waals surface area contributed by atoms with Crippen LogP contribution in [0.2, 0.25) is 0 Å². The van der Waals surface area contributed by atoms with Crippen molar-refractivity contribution >= 4 is 15.9 Å². The van der Waals surface area contributed by atoms with E-state index in [-0.39, 0.29) is 5.91 Å². The summed E-state index contributed by atoms with van der Waals surface area (Å²) in [6.07, 6.45) is 4.33. The lowest BCUT2D eigenvalue weighted by Crippen LogP contribution is -2.40. The molecular formula is C18H26N2O3S. The number of carbonyl (C=O) groups is 1. The summed E-state index contributed by atoms with van der Waals surface area (Å²) >= 11 is 0. The van der Waals surface area contributed by atoms with Gasteiger partial charge in [-0.15, -0.1) is 0 Å². The van der Waals surface area contributed by atoms with Gasteiger partial charge >= 0.3 is 0 Å². The van der Waals surface area contributed by atoms with Gasteiger partial charge < -0.3 is 4.90 Å². The molecule has 0 atom stereocenters. The first-order valence-corrected chi connectivity index (χ1v) is 10.3. The smallest absolute Gasteiger partial charge is 0.243 e. The number of rotatable bonds is 4. The predicted molar refractivity (Wildman–Crippen MR) is 93.1 cm³/mol. The molecule has 3 rings (SSSR count). The largest absolute Gasteiger partial charge is 0.343 e. The highest BCUT2D eigenvalue weighted by Crippen LogP contribution is 2.26. The Balaban J connectivity index is 1.56. The molecule has 2 heterocycles. The third-order valence-corrected chi connectivity index (χ3v) is 7.07. The van der Waals surface area contributed by atoms with Gasteiger partial charge in [0.1, 0.15) is 0 Å². The Bertz CT molecular complexity index is 671. The van der Waals surface area contributed by atoms with Gasteiger partial charge in [0.05, 0.1) is 4.90 Å². The van der Waals surface area contributed by atoms with Crippen molar-refractivity contribution in [3.63, 3.8) is 0 Å². The zero-order valence-corrected chi connectivity index (χ0v) is 15.1. The Morgan fingerprint density at radius 2 is 1.62 bits per heavy atom. The minimum absolute atomic E-state index is 0.243. The number of aryl methyl sites for hydroxylation is 1. The van der Waals surface area contributed by atoms with Crippen molar-refractivity contribution in [1.29, 1.82) is 0 Å². The van der Waals surface area contributed by atoms with Crippen molar-refractivity contribution in [2.45, 2.75) is 43.9 Å². The molecule has 0 bridgehead atoms. The van der Waals surface area contributed by atoms with Gasteiger partial charge in [-0.1, -0.05) is 17.7 Å². The molecule has 2 fully saturated rings. The van der Waals surface area contributed by atoms with Crippen LogP contribution in [0.25, 0.3) is 0 Å². The lowest BCUT2D eigenvalue weighted by Gasteiger charge is -2.31. The third kappa shape index (κ3) is 3.81. The Morgan fingerprint density at radius 3 is 2.21 bits per heavy atom. The summed E-state index contributed by atoms with van der Waals surface area (Å²) < 4.78 is 26.9. The van der Waals surface area contributed by atoms with Crippen LogP contribution in [0.5, 0.6) is 0 Å². The van der Waals surface area contributed by atoms with E-state index in [2.05, 4.69) is 0 Å². The fraction of sp³-hybridized carbons (Fsp3) is 0.611. The van der Waals surface area contributed by atoms with Crippen LogP contribution in [0, 0.1) is 12.8 Å². The van der Waals surface area contributed by atoms with Gasteiger partial charge in [0.15, 0.2) is 0 Å². The number of hydrogen-bond acceptors (Lipinski definition) is 3. The number of hydrogen-bond donors (Lipinski definition) is 0. The van der Waals surface area contributed by atoms with Crippen LogP contribution in [0.4, 0.5) is 0 Å². The lowest BCUT2D eigenvalue weighted by atomic mass is 9.94. The van der Waals surface area contributed by atoms with Crippen LogP contribution >= 0.6 is 0 Å². The Labute approximate surface area is 144 Å². The molecule has 132 valence electrons. The van der Waals surface area contributed by atoms with Gasteiger partial charge in [-0.05, 0) is 50.7 Å². The molecule has 0 spiro atoms. The summed E-state index contributed by atoms with van der Waals surface area (Å²) in [6, 6.07) is 7.00. The topological polar surface area (TPSA) is 57.7 Å². The van der Waals surface area contributed by atoms with E-state index in [1.54, 1.807) is 16.4 Å². The van der Waals surface area contributed by atoms with Crippen molar-refractivity contribution < 1.29 is 13.2 Å². The maximum absolute atomic E-state index is 12.7. The normalized spacial score (nSPS) is 20.5. The zero-order chi connectivity index (χ0) is 17.2. The maximum atomic E-state index is 12.7. The number of sulfonamides is 1. The molecule has 2 saturated heterocycles. The van der Waals surface area contributed by atoms with Gasteiger partial charge in [0.2, 0.25) is 15.9 Å². The van der Waals surface area contributed by atoms with Gasteiger partial charge in [0.25, 0.3) is 0 Å². The van der Waals surface area contributed by atoms with Crippen LogP contribution in [0.15, 0.2) is 29.2 Å². The first-order valence-electron chi connectivity index (χ1n) is 8.81. The van der Waals surface area contributed by atoms with Crippen molar-refractivity contribution in [3.8, 4) is 0 Å². The number of amides is 1. The third-order valence-electron chi connectivity index (χ3n) is 5.15. The average molecular weight is 350 g/mol. The fourth-order valence-electron chi connectivity index (χ4n) is 3.56. The number of nitrogens with zero attached hydrogens (tertiary/aromatic N) is 2. The molecule has 0 saturated carbocycles. The fourth-order valence-corrected chi connectivity index (χ4v) is 5.03. The molecule has 0 N–H and O–H groups in total. The second-order valence-corrected chi connectivity index (χ2v) is 8.89. The lowest BCUT2D eigenvalue weighted by molar-refractivity contribution is -0.131. The van der Waals surface area contributed by atoms with E-state index in [4.69, 9.17) is 0 Å². The van der Waals surface area contributed by atoms with Crippen LogP contribution in [0.3, 0.4) is 0 Å². The van der Waals surface area contributed by atoms with Crippen molar-refractivity contribution in [3.05, 3.63) is 29.8 Å². The molecule has 0 aliphatic carbocycles. The van der Waals surface area contributed by atoms with Crippen LogP contribution in [-0.4, -0.2) is 49.7 Å². The van der Waals surface area contributed by atoms with Crippen molar-refractivity contribution in [2.24, 2.45) is 5.92 Å². The molecule has 0 radical (unpaired) electrons. The quantitative estimate of drug-likeness (QED) is 0.838. The van der Waals surface area contributed by atoms with E-state index in [0.717, 1.165) is 44.3 Å². The van der Waals surface area contributed by atoms with Crippen LogP contribution in [-0.2, 0) is 14.8 Å². The van der Waals surface area contributed by atoms with E-state index < -0.39 is 10.0 Å². The van der Waals surface area contributed by atoms with E-state index >= 15 is 0 Å². The second kappa shape index (κ2) is 7.23. The first kappa shape index (κ1) is 17.4. The highest BCUT2D eigenvalue weighted by molar-refractivity contribution is 7.89. The average Bonchev–Trinajstić information content (AvgIpc) is 3.10. The molecule has 1 aromatic carbocycles. The minimum atomic E-state index is -3.41. The Morgan fingerprint density at radius 1 is 1.04 bits per heavy atom. The summed E-state index contributed by atoms with van der Waals surface area (Å²) in [5.74, 6) is 0.551. The molecule has 5 nitrogen and oxygen atoms in total. The van der Waals surface area contributed by atoms with E-state index in [1.165, 1.54) is 0 Å². The predicted octanol–water partition coefficient (Wildman–Crippen LogP) is 2.41. The number of piperidine rings is 1. The highest BCUT2D eigenvalue weighted by atomic mass is 32.2. The number of likely N-dealkylation sites (tertiary alicyclic amines) is 1. The Kier molecular flexibility index (Phi) is 5.25. The minimum Gasteiger partial charge on any atom is -0.343 e. The second-order valence-electron chi connectivity index (χ2n) is 6.95. The SMILES string of the molecule is Cc1ccc(S(=O)(=O)N2CCC(CC(=O)N3CCCC3)CC2)cc1. The summed E-state index contributed by atoms with van der Waals surface area (Å²) in [6.45, 7) is 4.74.